The van der Waals surface area contributed by atoms with Gasteiger partial charge in [-0.2, -0.15) is 11.3 Å². The molecule has 156 valence electrons. The van der Waals surface area contributed by atoms with Gasteiger partial charge in [0.2, 0.25) is 0 Å². The second-order valence-electron chi connectivity index (χ2n) is 8.02. The Morgan fingerprint density at radius 3 is 2.85 bits per heavy atom. The molecule has 1 saturated heterocycles. The molecule has 7 heteroatoms. The first-order chi connectivity index (χ1) is 12.4. The molecule has 0 bridgehead atoms. The SMILES string of the molecule is CCNC(=NCC(C)(O)c1ccsc1)NCC1CCCN(CC(C)C)C1.I. The molecular weight excluding hydrogens is 471 g/mol. The average Bonchev–Trinajstić information content (AvgIpc) is 3.13. The van der Waals surface area contributed by atoms with Crippen molar-refractivity contribution in [3.8, 4) is 0 Å². The predicted octanol–water partition coefficient (Wildman–Crippen LogP) is 3.50. The Kier molecular flexibility index (Phi) is 11.2. The molecule has 0 amide bonds. The van der Waals surface area contributed by atoms with Crippen molar-refractivity contribution < 1.29 is 5.11 Å². The van der Waals surface area contributed by atoms with E-state index < -0.39 is 5.60 Å². The summed E-state index contributed by atoms with van der Waals surface area (Å²) in [4.78, 5) is 7.22. The molecule has 1 aromatic rings. The van der Waals surface area contributed by atoms with Crippen molar-refractivity contribution in [3.05, 3.63) is 22.4 Å². The highest BCUT2D eigenvalue weighted by molar-refractivity contribution is 14.0. The summed E-state index contributed by atoms with van der Waals surface area (Å²) in [5.41, 5.74) is 0.0000456. The summed E-state index contributed by atoms with van der Waals surface area (Å²) in [5, 5.41) is 21.4. The highest BCUT2D eigenvalue weighted by Gasteiger charge is 2.24. The topological polar surface area (TPSA) is 59.9 Å². The minimum absolute atomic E-state index is 0. The van der Waals surface area contributed by atoms with Gasteiger partial charge in [-0.3, -0.25) is 0 Å². The van der Waals surface area contributed by atoms with Crippen molar-refractivity contribution in [1.29, 1.82) is 0 Å². The minimum atomic E-state index is -0.929. The van der Waals surface area contributed by atoms with E-state index in [0.717, 1.165) is 37.1 Å². The highest BCUT2D eigenvalue weighted by atomic mass is 127. The minimum Gasteiger partial charge on any atom is -0.383 e. The van der Waals surface area contributed by atoms with Crippen LogP contribution in [-0.4, -0.2) is 55.2 Å². The van der Waals surface area contributed by atoms with E-state index in [1.165, 1.54) is 25.9 Å². The van der Waals surface area contributed by atoms with Crippen LogP contribution >= 0.6 is 35.3 Å². The summed E-state index contributed by atoms with van der Waals surface area (Å²) in [6.07, 6.45) is 2.55. The molecule has 2 unspecified atom stereocenters. The zero-order valence-electron chi connectivity index (χ0n) is 17.2. The Morgan fingerprint density at radius 1 is 1.44 bits per heavy atom. The molecule has 0 spiro atoms. The fraction of sp³-hybridized carbons (Fsp3) is 0.750. The third-order valence-electron chi connectivity index (χ3n) is 4.82. The summed E-state index contributed by atoms with van der Waals surface area (Å²) in [6, 6.07) is 1.96. The summed E-state index contributed by atoms with van der Waals surface area (Å²) < 4.78 is 0. The number of nitrogens with zero attached hydrogens (tertiary/aromatic N) is 2. The summed E-state index contributed by atoms with van der Waals surface area (Å²) >= 11 is 1.60. The molecule has 0 aliphatic carbocycles. The second kappa shape index (κ2) is 12.2. The fourth-order valence-corrected chi connectivity index (χ4v) is 4.26. The second-order valence-corrected chi connectivity index (χ2v) is 8.80. The van der Waals surface area contributed by atoms with Crippen molar-refractivity contribution in [3.63, 3.8) is 0 Å². The zero-order chi connectivity index (χ0) is 19.0. The molecular formula is C20H37IN4OS. The molecule has 2 atom stereocenters. The van der Waals surface area contributed by atoms with Crippen LogP contribution in [0.1, 0.15) is 46.1 Å². The lowest BCUT2D eigenvalue weighted by molar-refractivity contribution is 0.0677. The van der Waals surface area contributed by atoms with Gasteiger partial charge >= 0.3 is 0 Å². The van der Waals surface area contributed by atoms with Gasteiger partial charge in [-0.15, -0.1) is 24.0 Å². The number of hydrogen-bond donors (Lipinski definition) is 3. The predicted molar refractivity (Wildman–Crippen MR) is 127 cm³/mol. The van der Waals surface area contributed by atoms with Gasteiger partial charge in [0.25, 0.3) is 0 Å². The number of halogens is 1. The van der Waals surface area contributed by atoms with Gasteiger partial charge in [0, 0.05) is 26.2 Å². The van der Waals surface area contributed by atoms with Gasteiger partial charge in [-0.1, -0.05) is 13.8 Å². The van der Waals surface area contributed by atoms with Gasteiger partial charge < -0.3 is 20.6 Å². The standard InChI is InChI=1S/C20H36N4OS.HI/c1-5-21-19(23-15-20(4,25)18-8-10-26-14-18)22-11-17-7-6-9-24(13-17)12-16(2)3;/h8,10,14,16-17,25H,5-7,9,11-13,15H2,1-4H3,(H2,21,22,23);1H. The monoisotopic (exact) mass is 508 g/mol. The Labute approximate surface area is 186 Å². The van der Waals surface area contributed by atoms with Crippen LogP contribution in [0, 0.1) is 11.8 Å². The molecule has 2 rings (SSSR count). The van der Waals surface area contributed by atoms with E-state index in [-0.39, 0.29) is 24.0 Å². The van der Waals surface area contributed by atoms with E-state index in [9.17, 15) is 5.11 Å². The van der Waals surface area contributed by atoms with Crippen LogP contribution in [-0.2, 0) is 5.60 Å². The quantitative estimate of drug-likeness (QED) is 0.286. The summed E-state index contributed by atoms with van der Waals surface area (Å²) in [5.74, 6) is 2.17. The Balaban J connectivity index is 0.00000364. The molecule has 3 N–H and O–H groups in total. The normalized spacial score (nSPS) is 20.8. The highest BCUT2D eigenvalue weighted by Crippen LogP contribution is 2.23. The number of thiophene rings is 1. The van der Waals surface area contributed by atoms with Crippen molar-refractivity contribution >= 4 is 41.3 Å². The zero-order valence-corrected chi connectivity index (χ0v) is 20.3. The third kappa shape index (κ3) is 8.66. The van der Waals surface area contributed by atoms with E-state index in [4.69, 9.17) is 0 Å². The molecule has 1 aliphatic rings. The number of aliphatic imine (C=N–C) groups is 1. The van der Waals surface area contributed by atoms with E-state index >= 15 is 0 Å². The molecule has 0 aromatic carbocycles. The van der Waals surface area contributed by atoms with E-state index in [0.29, 0.717) is 12.5 Å². The van der Waals surface area contributed by atoms with Gasteiger partial charge in [0.15, 0.2) is 5.96 Å². The number of nitrogens with one attached hydrogen (secondary N) is 2. The molecule has 2 heterocycles. The molecule has 0 radical (unpaired) electrons. The maximum Gasteiger partial charge on any atom is 0.191 e. The maximum atomic E-state index is 10.7. The summed E-state index contributed by atoms with van der Waals surface area (Å²) in [7, 11) is 0. The smallest absolute Gasteiger partial charge is 0.191 e. The lowest BCUT2D eigenvalue weighted by atomic mass is 9.97. The van der Waals surface area contributed by atoms with Crippen molar-refractivity contribution in [2.24, 2.45) is 16.8 Å². The van der Waals surface area contributed by atoms with Crippen LogP contribution in [0.25, 0.3) is 0 Å². The number of aliphatic hydroxyl groups is 1. The molecule has 1 fully saturated rings. The van der Waals surface area contributed by atoms with Gasteiger partial charge in [0.1, 0.15) is 5.60 Å². The third-order valence-corrected chi connectivity index (χ3v) is 5.50. The van der Waals surface area contributed by atoms with Gasteiger partial charge in [0.05, 0.1) is 6.54 Å². The van der Waals surface area contributed by atoms with Crippen LogP contribution in [0.15, 0.2) is 21.8 Å². The number of guanidine groups is 1. The Morgan fingerprint density at radius 2 is 2.22 bits per heavy atom. The Bertz CT molecular complexity index is 548. The van der Waals surface area contributed by atoms with E-state index in [1.807, 2.05) is 23.8 Å². The van der Waals surface area contributed by atoms with Gasteiger partial charge in [-0.25, -0.2) is 4.99 Å². The van der Waals surface area contributed by atoms with Crippen molar-refractivity contribution in [2.75, 3.05) is 39.3 Å². The first kappa shape index (κ1) is 24.7. The lowest BCUT2D eigenvalue weighted by Gasteiger charge is -2.34. The van der Waals surface area contributed by atoms with Crippen LogP contribution < -0.4 is 10.6 Å². The molecule has 1 aromatic heterocycles. The first-order valence-electron chi connectivity index (χ1n) is 9.90. The van der Waals surface area contributed by atoms with Crippen LogP contribution in [0.3, 0.4) is 0 Å². The molecule has 27 heavy (non-hydrogen) atoms. The van der Waals surface area contributed by atoms with Crippen molar-refractivity contribution in [2.45, 2.75) is 46.1 Å². The lowest BCUT2D eigenvalue weighted by Crippen LogP contribution is -2.45. The number of likely N-dealkylation sites (tertiary alicyclic amines) is 1. The Hall–Kier alpha value is -0.380. The number of piperidine rings is 1. The number of rotatable bonds is 8. The molecule has 5 nitrogen and oxygen atoms in total. The van der Waals surface area contributed by atoms with Crippen LogP contribution in [0.4, 0.5) is 0 Å². The van der Waals surface area contributed by atoms with Crippen LogP contribution in [0.2, 0.25) is 0 Å². The maximum absolute atomic E-state index is 10.7. The van der Waals surface area contributed by atoms with Crippen LogP contribution in [0.5, 0.6) is 0 Å². The van der Waals surface area contributed by atoms with Crippen molar-refractivity contribution in [1.82, 2.24) is 15.5 Å². The molecule has 0 saturated carbocycles. The van der Waals surface area contributed by atoms with E-state index in [2.05, 4.69) is 41.3 Å². The number of hydrogen-bond acceptors (Lipinski definition) is 4. The largest absolute Gasteiger partial charge is 0.383 e. The molecule has 1 aliphatic heterocycles. The first-order valence-corrected chi connectivity index (χ1v) is 10.8. The van der Waals surface area contributed by atoms with E-state index in [1.54, 1.807) is 11.3 Å². The fourth-order valence-electron chi connectivity index (χ4n) is 3.48. The average molecular weight is 509 g/mol. The summed E-state index contributed by atoms with van der Waals surface area (Å²) in [6.45, 7) is 14.2. The van der Waals surface area contributed by atoms with Gasteiger partial charge in [-0.05, 0) is 67.5 Å².